The topological polar surface area (TPSA) is 58.6 Å². The normalized spacial score (nSPS) is 12.4. The summed E-state index contributed by atoms with van der Waals surface area (Å²) in [5, 5.41) is 12.2. The number of aromatic carboxylic acids is 1. The molecule has 0 bridgehead atoms. The smallest absolute Gasteiger partial charge is 0.335 e. The molecule has 0 aliphatic rings. The molecule has 0 aliphatic carbocycles. The van der Waals surface area contributed by atoms with Crippen LogP contribution in [0.15, 0.2) is 24.3 Å². The molecule has 0 saturated heterocycles. The Labute approximate surface area is 114 Å². The Bertz CT molecular complexity index is 404. The first-order valence-electron chi connectivity index (χ1n) is 6.68. The van der Waals surface area contributed by atoms with Crippen molar-refractivity contribution in [2.24, 2.45) is 5.92 Å². The van der Waals surface area contributed by atoms with Crippen LogP contribution in [-0.2, 0) is 0 Å². The maximum absolute atomic E-state index is 10.8. The Morgan fingerprint density at radius 2 is 2.11 bits per heavy atom. The van der Waals surface area contributed by atoms with Crippen LogP contribution in [0.5, 0.6) is 5.75 Å². The van der Waals surface area contributed by atoms with Crippen molar-refractivity contribution in [2.75, 3.05) is 13.2 Å². The summed E-state index contributed by atoms with van der Waals surface area (Å²) in [5.41, 5.74) is 0.249. The fourth-order valence-electron chi connectivity index (χ4n) is 1.98. The van der Waals surface area contributed by atoms with E-state index in [2.05, 4.69) is 26.1 Å². The van der Waals surface area contributed by atoms with Crippen LogP contribution in [0.3, 0.4) is 0 Å². The van der Waals surface area contributed by atoms with Crippen molar-refractivity contribution >= 4 is 5.97 Å². The summed E-state index contributed by atoms with van der Waals surface area (Å²) in [6.45, 7) is 7.85. The van der Waals surface area contributed by atoms with E-state index >= 15 is 0 Å². The number of carboxylic acid groups (broad SMARTS) is 1. The molecule has 1 unspecified atom stereocenters. The quantitative estimate of drug-likeness (QED) is 0.710. The molecule has 1 atom stereocenters. The average Bonchev–Trinajstić information content (AvgIpc) is 2.34. The SMILES string of the molecule is CC(C)CC(C)NCCOc1cccc(C(=O)O)c1. The second-order valence-electron chi connectivity index (χ2n) is 5.17. The van der Waals surface area contributed by atoms with Crippen molar-refractivity contribution in [1.82, 2.24) is 5.32 Å². The van der Waals surface area contributed by atoms with Crippen LogP contribution >= 0.6 is 0 Å². The lowest BCUT2D eigenvalue weighted by molar-refractivity contribution is 0.0696. The number of ether oxygens (including phenoxy) is 1. The molecule has 0 aromatic heterocycles. The molecule has 1 aromatic rings. The Balaban J connectivity index is 2.29. The Morgan fingerprint density at radius 1 is 1.37 bits per heavy atom. The van der Waals surface area contributed by atoms with E-state index in [-0.39, 0.29) is 5.56 Å². The van der Waals surface area contributed by atoms with E-state index in [1.165, 1.54) is 0 Å². The number of hydrogen-bond donors (Lipinski definition) is 2. The first-order chi connectivity index (χ1) is 8.99. The van der Waals surface area contributed by atoms with Crippen molar-refractivity contribution in [1.29, 1.82) is 0 Å². The van der Waals surface area contributed by atoms with Crippen LogP contribution in [-0.4, -0.2) is 30.3 Å². The number of carbonyl (C=O) groups is 1. The highest BCUT2D eigenvalue weighted by Gasteiger charge is 2.05. The predicted molar refractivity (Wildman–Crippen MR) is 75.8 cm³/mol. The third kappa shape index (κ3) is 6.25. The second kappa shape index (κ2) is 7.79. The van der Waals surface area contributed by atoms with Crippen molar-refractivity contribution in [3.05, 3.63) is 29.8 Å². The van der Waals surface area contributed by atoms with Crippen molar-refractivity contribution in [3.63, 3.8) is 0 Å². The molecule has 0 heterocycles. The van der Waals surface area contributed by atoms with Gasteiger partial charge in [0.25, 0.3) is 0 Å². The Hall–Kier alpha value is -1.55. The molecule has 0 saturated carbocycles. The van der Waals surface area contributed by atoms with E-state index in [9.17, 15) is 4.79 Å². The number of hydrogen-bond acceptors (Lipinski definition) is 3. The lowest BCUT2D eigenvalue weighted by Crippen LogP contribution is -2.31. The predicted octanol–water partition coefficient (Wildman–Crippen LogP) is 2.79. The molecule has 2 N–H and O–H groups in total. The number of carboxylic acids is 1. The van der Waals surface area contributed by atoms with E-state index in [1.54, 1.807) is 24.3 Å². The highest BCUT2D eigenvalue weighted by atomic mass is 16.5. The summed E-state index contributed by atoms with van der Waals surface area (Å²) in [4.78, 5) is 10.8. The van der Waals surface area contributed by atoms with E-state index < -0.39 is 5.97 Å². The molecule has 106 valence electrons. The van der Waals surface area contributed by atoms with Crippen LogP contribution in [0.4, 0.5) is 0 Å². The third-order valence-electron chi connectivity index (χ3n) is 2.77. The lowest BCUT2D eigenvalue weighted by Gasteiger charge is -2.16. The minimum absolute atomic E-state index is 0.249. The molecular formula is C15H23NO3. The van der Waals surface area contributed by atoms with Gasteiger partial charge in [-0.3, -0.25) is 0 Å². The summed E-state index contributed by atoms with van der Waals surface area (Å²) in [7, 11) is 0. The molecule has 0 spiro atoms. The van der Waals surface area contributed by atoms with Gasteiger partial charge in [-0.1, -0.05) is 19.9 Å². The van der Waals surface area contributed by atoms with Crippen LogP contribution in [0, 0.1) is 5.92 Å². The molecule has 0 radical (unpaired) electrons. The summed E-state index contributed by atoms with van der Waals surface area (Å²) in [6.07, 6.45) is 1.13. The van der Waals surface area contributed by atoms with Gasteiger partial charge in [-0.05, 0) is 37.5 Å². The van der Waals surface area contributed by atoms with E-state index in [0.29, 0.717) is 24.3 Å². The van der Waals surface area contributed by atoms with Crippen molar-refractivity contribution in [2.45, 2.75) is 33.2 Å². The van der Waals surface area contributed by atoms with Crippen LogP contribution in [0.1, 0.15) is 37.6 Å². The summed E-state index contributed by atoms with van der Waals surface area (Å²) >= 11 is 0. The van der Waals surface area contributed by atoms with Crippen LogP contribution in [0.25, 0.3) is 0 Å². The van der Waals surface area contributed by atoms with Gasteiger partial charge in [0, 0.05) is 12.6 Å². The van der Waals surface area contributed by atoms with Gasteiger partial charge in [0.15, 0.2) is 0 Å². The lowest BCUT2D eigenvalue weighted by atomic mass is 10.1. The van der Waals surface area contributed by atoms with Gasteiger partial charge >= 0.3 is 5.97 Å². The largest absolute Gasteiger partial charge is 0.492 e. The fourth-order valence-corrected chi connectivity index (χ4v) is 1.98. The molecule has 4 nitrogen and oxygen atoms in total. The zero-order valence-electron chi connectivity index (χ0n) is 11.8. The van der Waals surface area contributed by atoms with Crippen LogP contribution < -0.4 is 10.1 Å². The monoisotopic (exact) mass is 265 g/mol. The minimum Gasteiger partial charge on any atom is -0.492 e. The summed E-state index contributed by atoms with van der Waals surface area (Å²) in [6, 6.07) is 7.02. The Morgan fingerprint density at radius 3 is 2.74 bits per heavy atom. The maximum Gasteiger partial charge on any atom is 0.335 e. The molecule has 1 aromatic carbocycles. The number of benzene rings is 1. The van der Waals surface area contributed by atoms with Gasteiger partial charge in [-0.15, -0.1) is 0 Å². The highest BCUT2D eigenvalue weighted by molar-refractivity contribution is 5.87. The van der Waals surface area contributed by atoms with Gasteiger partial charge in [0.1, 0.15) is 12.4 Å². The molecule has 4 heteroatoms. The second-order valence-corrected chi connectivity index (χ2v) is 5.17. The zero-order chi connectivity index (χ0) is 14.3. The highest BCUT2D eigenvalue weighted by Crippen LogP contribution is 2.13. The molecule has 0 aliphatic heterocycles. The van der Waals surface area contributed by atoms with E-state index in [1.807, 2.05) is 0 Å². The van der Waals surface area contributed by atoms with Gasteiger partial charge in [-0.25, -0.2) is 4.79 Å². The van der Waals surface area contributed by atoms with Crippen molar-refractivity contribution in [3.8, 4) is 5.75 Å². The standard InChI is InChI=1S/C15H23NO3/c1-11(2)9-12(3)16-7-8-19-14-6-4-5-13(10-14)15(17)18/h4-6,10-12,16H,7-9H2,1-3H3,(H,17,18). The molecule has 19 heavy (non-hydrogen) atoms. The van der Waals surface area contributed by atoms with Crippen molar-refractivity contribution < 1.29 is 14.6 Å². The van der Waals surface area contributed by atoms with E-state index in [0.717, 1.165) is 13.0 Å². The van der Waals surface area contributed by atoms with Gasteiger partial charge in [0.2, 0.25) is 0 Å². The average molecular weight is 265 g/mol. The Kier molecular flexibility index (Phi) is 6.36. The third-order valence-corrected chi connectivity index (χ3v) is 2.77. The van der Waals surface area contributed by atoms with Crippen LogP contribution in [0.2, 0.25) is 0 Å². The maximum atomic E-state index is 10.8. The summed E-state index contributed by atoms with van der Waals surface area (Å²) in [5.74, 6) is 0.336. The minimum atomic E-state index is -0.936. The number of nitrogens with one attached hydrogen (secondary N) is 1. The van der Waals surface area contributed by atoms with Gasteiger partial charge < -0.3 is 15.2 Å². The fraction of sp³-hybridized carbons (Fsp3) is 0.533. The number of rotatable bonds is 8. The molecule has 1 rings (SSSR count). The van der Waals surface area contributed by atoms with E-state index in [4.69, 9.17) is 9.84 Å². The van der Waals surface area contributed by atoms with Gasteiger partial charge in [-0.2, -0.15) is 0 Å². The molecular weight excluding hydrogens is 242 g/mol. The summed E-state index contributed by atoms with van der Waals surface area (Å²) < 4.78 is 5.53. The molecule has 0 fully saturated rings. The first-order valence-corrected chi connectivity index (χ1v) is 6.68. The zero-order valence-corrected chi connectivity index (χ0v) is 11.8. The van der Waals surface area contributed by atoms with Gasteiger partial charge in [0.05, 0.1) is 5.56 Å². The first kappa shape index (κ1) is 15.5. The molecule has 0 amide bonds.